The maximum atomic E-state index is 12.1. The number of nitrogens with two attached hydrogens (primary N) is 1. The molecule has 0 atom stereocenters. The lowest BCUT2D eigenvalue weighted by atomic mass is 10.3. The fourth-order valence-corrected chi connectivity index (χ4v) is 3.34. The minimum atomic E-state index is -3.42. The number of nitrogens with one attached hydrogen (secondary N) is 1. The topological polar surface area (TPSA) is 96.5 Å². The highest BCUT2D eigenvalue weighted by Gasteiger charge is 2.28. The number of aromatic nitrogens is 2. The molecule has 8 nitrogen and oxygen atoms in total. The van der Waals surface area contributed by atoms with Crippen LogP contribution in [0.1, 0.15) is 0 Å². The van der Waals surface area contributed by atoms with Crippen LogP contribution in [-0.4, -0.2) is 76.2 Å². The van der Waals surface area contributed by atoms with Crippen molar-refractivity contribution in [1.82, 2.24) is 20.0 Å². The first-order chi connectivity index (χ1) is 9.80. The summed E-state index contributed by atoms with van der Waals surface area (Å²) >= 11 is 0. The highest BCUT2D eigenvalue weighted by Crippen LogP contribution is 2.30. The Morgan fingerprint density at radius 1 is 1.33 bits per heavy atom. The summed E-state index contributed by atoms with van der Waals surface area (Å²) in [5.74, 6) is 0.711. The van der Waals surface area contributed by atoms with Crippen LogP contribution in [0.4, 0.5) is 11.6 Å². The minimum absolute atomic E-state index is 0.156. The first kappa shape index (κ1) is 16.1. The van der Waals surface area contributed by atoms with Gasteiger partial charge in [-0.2, -0.15) is 5.10 Å². The predicted octanol–water partition coefficient (Wildman–Crippen LogP) is -1.16. The average Bonchev–Trinajstić information content (AvgIpc) is 2.74. The van der Waals surface area contributed by atoms with Gasteiger partial charge in [0, 0.05) is 39.0 Å². The van der Waals surface area contributed by atoms with Crippen LogP contribution in [0, 0.1) is 0 Å². The second kappa shape index (κ2) is 6.20. The molecule has 21 heavy (non-hydrogen) atoms. The van der Waals surface area contributed by atoms with Crippen LogP contribution in [-0.2, 0) is 16.4 Å². The summed E-state index contributed by atoms with van der Waals surface area (Å²) in [6, 6.07) is 0. The van der Waals surface area contributed by atoms with Crippen molar-refractivity contribution < 1.29 is 8.42 Å². The Morgan fingerprint density at radius 3 is 2.48 bits per heavy atom. The van der Waals surface area contributed by atoms with Gasteiger partial charge in [0.2, 0.25) is 0 Å². The molecule has 1 saturated heterocycles. The first-order valence-corrected chi connectivity index (χ1v) is 8.86. The highest BCUT2D eigenvalue weighted by atomic mass is 32.2. The lowest BCUT2D eigenvalue weighted by Crippen LogP contribution is -2.44. The van der Waals surface area contributed by atoms with E-state index in [1.54, 1.807) is 4.68 Å². The van der Waals surface area contributed by atoms with Gasteiger partial charge in [-0.05, 0) is 14.1 Å². The van der Waals surface area contributed by atoms with E-state index >= 15 is 0 Å². The van der Waals surface area contributed by atoms with Crippen molar-refractivity contribution in [3.63, 3.8) is 0 Å². The standard InChI is InChI=1S/C12H24N6O2S/c1-16(2)8-9-18-11(13)10(21(3,19)20)12(15-18)17-6-4-14-5-7-17/h14H,4-9,13H2,1-3H3. The maximum Gasteiger partial charge on any atom is 0.182 e. The van der Waals surface area contributed by atoms with Crippen molar-refractivity contribution >= 4 is 21.5 Å². The first-order valence-electron chi connectivity index (χ1n) is 6.97. The molecule has 1 aliphatic heterocycles. The van der Waals surface area contributed by atoms with Gasteiger partial charge in [0.05, 0.1) is 6.54 Å². The van der Waals surface area contributed by atoms with Gasteiger partial charge in [0.15, 0.2) is 20.6 Å². The predicted molar refractivity (Wildman–Crippen MR) is 83.4 cm³/mol. The summed E-state index contributed by atoms with van der Waals surface area (Å²) in [5, 5.41) is 7.70. The molecule has 0 amide bonds. The molecule has 0 unspecified atom stereocenters. The van der Waals surface area contributed by atoms with E-state index in [4.69, 9.17) is 5.73 Å². The lowest BCUT2D eigenvalue weighted by Gasteiger charge is -2.27. The molecular formula is C12H24N6O2S. The fourth-order valence-electron chi connectivity index (χ4n) is 2.35. The molecule has 9 heteroatoms. The van der Waals surface area contributed by atoms with Gasteiger partial charge in [0.25, 0.3) is 0 Å². The Bertz CT molecular complexity index is 589. The average molecular weight is 316 g/mol. The zero-order valence-electron chi connectivity index (χ0n) is 12.8. The number of sulfone groups is 1. The van der Waals surface area contributed by atoms with Gasteiger partial charge in [-0.1, -0.05) is 0 Å². The van der Waals surface area contributed by atoms with Crippen molar-refractivity contribution in [2.45, 2.75) is 11.4 Å². The van der Waals surface area contributed by atoms with Gasteiger partial charge in [-0.25, -0.2) is 13.1 Å². The van der Waals surface area contributed by atoms with Crippen LogP contribution in [0.3, 0.4) is 0 Å². The summed E-state index contributed by atoms with van der Waals surface area (Å²) in [4.78, 5) is 4.14. The Hall–Kier alpha value is -1.32. The molecule has 1 fully saturated rings. The largest absolute Gasteiger partial charge is 0.383 e. The number of rotatable bonds is 5. The number of anilines is 2. The van der Waals surface area contributed by atoms with Crippen molar-refractivity contribution in [2.24, 2.45) is 0 Å². The minimum Gasteiger partial charge on any atom is -0.383 e. The zero-order valence-corrected chi connectivity index (χ0v) is 13.7. The molecule has 1 aromatic rings. The number of hydrogen-bond acceptors (Lipinski definition) is 7. The third-order valence-corrected chi connectivity index (χ3v) is 4.61. The Kier molecular flexibility index (Phi) is 4.74. The van der Waals surface area contributed by atoms with Crippen LogP contribution < -0.4 is 16.0 Å². The highest BCUT2D eigenvalue weighted by molar-refractivity contribution is 7.91. The number of likely N-dealkylation sites (N-methyl/N-ethyl adjacent to an activating group) is 1. The van der Waals surface area contributed by atoms with Gasteiger partial charge in [0.1, 0.15) is 5.82 Å². The van der Waals surface area contributed by atoms with E-state index < -0.39 is 9.84 Å². The van der Waals surface area contributed by atoms with E-state index in [2.05, 4.69) is 10.4 Å². The van der Waals surface area contributed by atoms with Gasteiger partial charge < -0.3 is 20.9 Å². The quantitative estimate of drug-likeness (QED) is 0.707. The molecule has 3 N–H and O–H groups in total. The normalized spacial score (nSPS) is 16.7. The SMILES string of the molecule is CN(C)CCn1nc(N2CCNCC2)c(S(C)(=O)=O)c1N. The number of nitrogens with zero attached hydrogens (tertiary/aromatic N) is 4. The molecule has 0 saturated carbocycles. The summed E-state index contributed by atoms with van der Waals surface area (Å²) in [6.45, 7) is 4.39. The molecule has 0 aromatic carbocycles. The molecule has 120 valence electrons. The lowest BCUT2D eigenvalue weighted by molar-refractivity contribution is 0.374. The Morgan fingerprint density at radius 2 is 1.95 bits per heavy atom. The van der Waals surface area contributed by atoms with Crippen molar-refractivity contribution in [3.8, 4) is 0 Å². The van der Waals surface area contributed by atoms with E-state index in [9.17, 15) is 8.42 Å². The van der Waals surface area contributed by atoms with Crippen molar-refractivity contribution in [2.75, 3.05) is 63.7 Å². The molecule has 1 aromatic heterocycles. The summed E-state index contributed by atoms with van der Waals surface area (Å²) < 4.78 is 25.8. The number of piperazine rings is 1. The maximum absolute atomic E-state index is 12.1. The third-order valence-electron chi connectivity index (χ3n) is 3.48. The van der Waals surface area contributed by atoms with E-state index in [1.165, 1.54) is 6.26 Å². The van der Waals surface area contributed by atoms with Gasteiger partial charge in [-0.3, -0.25) is 0 Å². The Labute approximate surface area is 125 Å². The molecule has 0 radical (unpaired) electrons. The van der Waals surface area contributed by atoms with Crippen LogP contribution in [0.5, 0.6) is 0 Å². The zero-order chi connectivity index (χ0) is 15.6. The van der Waals surface area contributed by atoms with Crippen LogP contribution in [0.15, 0.2) is 4.90 Å². The second-order valence-corrected chi connectivity index (χ2v) is 7.53. The van der Waals surface area contributed by atoms with E-state index in [0.29, 0.717) is 12.4 Å². The molecule has 2 heterocycles. The van der Waals surface area contributed by atoms with Crippen LogP contribution in [0.25, 0.3) is 0 Å². The van der Waals surface area contributed by atoms with Gasteiger partial charge >= 0.3 is 0 Å². The number of hydrogen-bond donors (Lipinski definition) is 2. The molecule has 0 aliphatic carbocycles. The fraction of sp³-hybridized carbons (Fsp3) is 0.750. The molecule has 0 spiro atoms. The number of nitrogen functional groups attached to an aromatic ring is 1. The monoisotopic (exact) mass is 316 g/mol. The molecular weight excluding hydrogens is 292 g/mol. The van der Waals surface area contributed by atoms with E-state index in [0.717, 1.165) is 32.7 Å². The molecule has 1 aliphatic rings. The van der Waals surface area contributed by atoms with Crippen molar-refractivity contribution in [3.05, 3.63) is 0 Å². The third kappa shape index (κ3) is 3.66. The molecule has 0 bridgehead atoms. The smallest absolute Gasteiger partial charge is 0.182 e. The second-order valence-electron chi connectivity index (χ2n) is 5.57. The van der Waals surface area contributed by atoms with Crippen molar-refractivity contribution in [1.29, 1.82) is 0 Å². The van der Waals surface area contributed by atoms with E-state index in [-0.39, 0.29) is 10.7 Å². The summed E-state index contributed by atoms with van der Waals surface area (Å²) in [6.07, 6.45) is 1.18. The Balaban J connectivity index is 2.39. The summed E-state index contributed by atoms with van der Waals surface area (Å²) in [5.41, 5.74) is 6.04. The summed E-state index contributed by atoms with van der Waals surface area (Å²) in [7, 11) is 0.490. The van der Waals surface area contributed by atoms with Crippen LogP contribution in [0.2, 0.25) is 0 Å². The van der Waals surface area contributed by atoms with E-state index in [1.807, 2.05) is 23.9 Å². The van der Waals surface area contributed by atoms with Gasteiger partial charge in [-0.15, -0.1) is 0 Å². The van der Waals surface area contributed by atoms with Crippen LogP contribution >= 0.6 is 0 Å². The molecule has 2 rings (SSSR count).